The zero-order valence-corrected chi connectivity index (χ0v) is 10.3. The molecule has 0 atom stereocenters. The monoisotopic (exact) mass is 246 g/mol. The van der Waals surface area contributed by atoms with Crippen LogP contribution in [0.5, 0.6) is 11.8 Å². The molecule has 2 heterocycles. The van der Waals surface area contributed by atoms with Crippen LogP contribution in [-0.4, -0.2) is 29.2 Å². The molecule has 0 aliphatic heterocycles. The zero-order valence-electron chi connectivity index (χ0n) is 10.3. The molecule has 0 aliphatic carbocycles. The highest BCUT2D eigenvalue weighted by atomic mass is 16.5. The number of methoxy groups -OCH3 is 2. The normalized spacial score (nSPS) is 9.89. The number of nitrogens with one attached hydrogen (secondary N) is 1. The number of pyridine rings is 1. The number of aromatic nitrogens is 3. The third-order valence-electron chi connectivity index (χ3n) is 2.32. The molecule has 0 saturated heterocycles. The van der Waals surface area contributed by atoms with Crippen LogP contribution in [0.1, 0.15) is 5.69 Å². The molecular weight excluding hydrogens is 232 g/mol. The molecule has 2 rings (SSSR count). The first-order chi connectivity index (χ1) is 8.83. The van der Waals surface area contributed by atoms with Gasteiger partial charge in [-0.1, -0.05) is 6.07 Å². The number of rotatable bonds is 5. The maximum atomic E-state index is 5.12. The molecule has 0 saturated carbocycles. The molecule has 0 bridgehead atoms. The Morgan fingerprint density at radius 1 is 1.22 bits per heavy atom. The van der Waals surface area contributed by atoms with Gasteiger partial charge in [0, 0.05) is 6.07 Å². The minimum atomic E-state index is 0.507. The first kappa shape index (κ1) is 12.1. The van der Waals surface area contributed by atoms with Crippen LogP contribution in [0.4, 0.5) is 5.69 Å². The molecule has 0 radical (unpaired) electrons. The average molecular weight is 246 g/mol. The molecular formula is C12H14N4O2. The Hall–Kier alpha value is -2.37. The van der Waals surface area contributed by atoms with Gasteiger partial charge in [-0.3, -0.25) is 0 Å². The van der Waals surface area contributed by atoms with Crippen molar-refractivity contribution in [1.29, 1.82) is 0 Å². The van der Waals surface area contributed by atoms with Crippen molar-refractivity contribution >= 4 is 5.69 Å². The highest BCUT2D eigenvalue weighted by molar-refractivity contribution is 5.50. The van der Waals surface area contributed by atoms with Crippen LogP contribution in [-0.2, 0) is 6.54 Å². The standard InChI is InChI=1S/C12H14N4O2/c1-17-11-5-3-4-9(16-11)6-14-10-7-13-8-15-12(10)18-2/h3-5,7-8,14H,6H2,1-2H3. The molecule has 0 unspecified atom stereocenters. The van der Waals surface area contributed by atoms with Crippen LogP contribution in [0.3, 0.4) is 0 Å². The van der Waals surface area contributed by atoms with Gasteiger partial charge in [-0.15, -0.1) is 0 Å². The lowest BCUT2D eigenvalue weighted by molar-refractivity contribution is 0.396. The lowest BCUT2D eigenvalue weighted by atomic mass is 10.3. The summed E-state index contributed by atoms with van der Waals surface area (Å²) in [5.41, 5.74) is 1.59. The predicted molar refractivity (Wildman–Crippen MR) is 66.7 cm³/mol. The van der Waals surface area contributed by atoms with Gasteiger partial charge >= 0.3 is 0 Å². The largest absolute Gasteiger partial charge is 0.481 e. The highest BCUT2D eigenvalue weighted by Crippen LogP contribution is 2.19. The van der Waals surface area contributed by atoms with Crippen molar-refractivity contribution in [1.82, 2.24) is 15.0 Å². The fourth-order valence-corrected chi connectivity index (χ4v) is 1.46. The number of anilines is 1. The van der Waals surface area contributed by atoms with Crippen molar-refractivity contribution in [2.75, 3.05) is 19.5 Å². The smallest absolute Gasteiger partial charge is 0.240 e. The van der Waals surface area contributed by atoms with Crippen molar-refractivity contribution < 1.29 is 9.47 Å². The summed E-state index contributed by atoms with van der Waals surface area (Å²) in [4.78, 5) is 12.2. The summed E-state index contributed by atoms with van der Waals surface area (Å²) < 4.78 is 10.2. The second-order valence-corrected chi connectivity index (χ2v) is 3.47. The fraction of sp³-hybridized carbons (Fsp3) is 0.250. The molecule has 0 fully saturated rings. The van der Waals surface area contributed by atoms with Gasteiger partial charge in [0.2, 0.25) is 11.8 Å². The van der Waals surface area contributed by atoms with E-state index in [4.69, 9.17) is 9.47 Å². The molecule has 1 N–H and O–H groups in total. The Morgan fingerprint density at radius 3 is 2.89 bits per heavy atom. The van der Waals surface area contributed by atoms with Gasteiger partial charge in [-0.05, 0) is 6.07 Å². The molecule has 2 aromatic heterocycles. The van der Waals surface area contributed by atoms with Gasteiger partial charge < -0.3 is 14.8 Å². The second-order valence-electron chi connectivity index (χ2n) is 3.47. The van der Waals surface area contributed by atoms with Gasteiger partial charge in [0.15, 0.2) is 0 Å². The van der Waals surface area contributed by atoms with Crippen LogP contribution < -0.4 is 14.8 Å². The summed E-state index contributed by atoms with van der Waals surface area (Å²) >= 11 is 0. The zero-order chi connectivity index (χ0) is 12.8. The maximum Gasteiger partial charge on any atom is 0.240 e. The third kappa shape index (κ3) is 2.85. The number of hydrogen-bond donors (Lipinski definition) is 1. The van der Waals surface area contributed by atoms with Crippen molar-refractivity contribution in [2.45, 2.75) is 6.54 Å². The lowest BCUT2D eigenvalue weighted by Crippen LogP contribution is -2.05. The first-order valence-electron chi connectivity index (χ1n) is 5.41. The summed E-state index contributed by atoms with van der Waals surface area (Å²) in [6.45, 7) is 0.543. The third-order valence-corrected chi connectivity index (χ3v) is 2.32. The molecule has 0 amide bonds. The Bertz CT molecular complexity index is 519. The summed E-state index contributed by atoms with van der Waals surface area (Å²) in [6.07, 6.45) is 3.10. The predicted octanol–water partition coefficient (Wildman–Crippen LogP) is 1.50. The van der Waals surface area contributed by atoms with E-state index in [0.29, 0.717) is 18.3 Å². The number of nitrogens with zero attached hydrogens (tertiary/aromatic N) is 3. The average Bonchev–Trinajstić information content (AvgIpc) is 2.45. The van der Waals surface area contributed by atoms with E-state index in [1.54, 1.807) is 26.5 Å². The van der Waals surface area contributed by atoms with E-state index in [0.717, 1.165) is 11.4 Å². The lowest BCUT2D eigenvalue weighted by Gasteiger charge is -2.09. The molecule has 18 heavy (non-hydrogen) atoms. The van der Waals surface area contributed by atoms with E-state index in [2.05, 4.69) is 20.3 Å². The number of hydrogen-bond acceptors (Lipinski definition) is 6. The van der Waals surface area contributed by atoms with Crippen molar-refractivity contribution in [2.24, 2.45) is 0 Å². The minimum Gasteiger partial charge on any atom is -0.481 e. The van der Waals surface area contributed by atoms with E-state index in [9.17, 15) is 0 Å². The molecule has 6 nitrogen and oxygen atoms in total. The van der Waals surface area contributed by atoms with Gasteiger partial charge in [0.05, 0.1) is 32.7 Å². The van der Waals surface area contributed by atoms with Crippen molar-refractivity contribution in [3.8, 4) is 11.8 Å². The first-order valence-corrected chi connectivity index (χ1v) is 5.41. The fourth-order valence-electron chi connectivity index (χ4n) is 1.46. The molecule has 6 heteroatoms. The Morgan fingerprint density at radius 2 is 2.11 bits per heavy atom. The molecule has 0 aliphatic rings. The Labute approximate surface area is 105 Å². The van der Waals surface area contributed by atoms with Gasteiger partial charge in [-0.25, -0.2) is 15.0 Å². The van der Waals surface area contributed by atoms with E-state index in [1.165, 1.54) is 6.33 Å². The highest BCUT2D eigenvalue weighted by Gasteiger charge is 2.04. The van der Waals surface area contributed by atoms with E-state index in [1.807, 2.05) is 12.1 Å². The van der Waals surface area contributed by atoms with Crippen LogP contribution in [0.15, 0.2) is 30.7 Å². The minimum absolute atomic E-state index is 0.507. The van der Waals surface area contributed by atoms with E-state index < -0.39 is 0 Å². The SMILES string of the molecule is COc1cccc(CNc2cncnc2OC)n1. The van der Waals surface area contributed by atoms with Crippen LogP contribution in [0.2, 0.25) is 0 Å². The molecule has 2 aromatic rings. The van der Waals surface area contributed by atoms with Crippen molar-refractivity contribution in [3.63, 3.8) is 0 Å². The van der Waals surface area contributed by atoms with E-state index in [-0.39, 0.29) is 0 Å². The maximum absolute atomic E-state index is 5.12. The summed E-state index contributed by atoms with van der Waals surface area (Å²) in [6, 6.07) is 5.60. The summed E-state index contributed by atoms with van der Waals surface area (Å²) in [5, 5.41) is 3.16. The number of ether oxygens (including phenoxy) is 2. The Balaban J connectivity index is 2.06. The topological polar surface area (TPSA) is 69.2 Å². The molecule has 0 spiro atoms. The second kappa shape index (κ2) is 5.81. The summed E-state index contributed by atoms with van der Waals surface area (Å²) in [7, 11) is 3.16. The van der Waals surface area contributed by atoms with Crippen molar-refractivity contribution in [3.05, 3.63) is 36.4 Å². The van der Waals surface area contributed by atoms with Crippen LogP contribution >= 0.6 is 0 Å². The van der Waals surface area contributed by atoms with Crippen LogP contribution in [0.25, 0.3) is 0 Å². The molecule has 94 valence electrons. The van der Waals surface area contributed by atoms with Gasteiger partial charge in [-0.2, -0.15) is 0 Å². The van der Waals surface area contributed by atoms with E-state index >= 15 is 0 Å². The quantitative estimate of drug-likeness (QED) is 0.862. The van der Waals surface area contributed by atoms with Gasteiger partial charge in [0.25, 0.3) is 0 Å². The van der Waals surface area contributed by atoms with Gasteiger partial charge in [0.1, 0.15) is 12.0 Å². The Kier molecular flexibility index (Phi) is 3.90. The molecule has 0 aromatic carbocycles. The van der Waals surface area contributed by atoms with Crippen LogP contribution in [0, 0.1) is 0 Å². The summed E-state index contributed by atoms with van der Waals surface area (Å²) in [5.74, 6) is 1.10.